The molecule has 0 saturated carbocycles. The molecule has 2 aliphatic heterocycles. The first-order valence-corrected chi connectivity index (χ1v) is 11.5. The third kappa shape index (κ3) is 6.53. The minimum absolute atomic E-state index is 0.322. The number of hydrogen-bond donors (Lipinski definition) is 1. The number of hydrogen-bond acceptors (Lipinski definition) is 6. The number of likely N-dealkylation sites (tertiary alicyclic amines) is 1. The molecule has 0 aliphatic carbocycles. The minimum Gasteiger partial charge on any atom is -0.437 e. The third-order valence-corrected chi connectivity index (χ3v) is 5.57. The first-order valence-electron chi connectivity index (χ1n) is 11.5. The van der Waals surface area contributed by atoms with Gasteiger partial charge >= 0.3 is 0 Å². The molecule has 174 valence electrons. The second-order valence-corrected chi connectivity index (χ2v) is 8.03. The number of fused-ring (bicyclic) bond motifs is 1. The molecule has 1 saturated heterocycles. The molecule has 3 heterocycles. The molecule has 8 nitrogen and oxygen atoms in total. The van der Waals surface area contributed by atoms with Gasteiger partial charge in [0.05, 0.1) is 11.8 Å². The van der Waals surface area contributed by atoms with E-state index in [2.05, 4.69) is 39.6 Å². The second kappa shape index (κ2) is 12.0. The van der Waals surface area contributed by atoms with Crippen molar-refractivity contribution in [3.63, 3.8) is 0 Å². The highest BCUT2D eigenvalue weighted by atomic mass is 16.5. The third-order valence-electron chi connectivity index (χ3n) is 5.57. The van der Waals surface area contributed by atoms with E-state index in [9.17, 15) is 0 Å². The van der Waals surface area contributed by atoms with Gasteiger partial charge in [-0.05, 0) is 52.0 Å². The van der Waals surface area contributed by atoms with Crippen LogP contribution in [0.2, 0.25) is 0 Å². The molecule has 0 spiro atoms. The van der Waals surface area contributed by atoms with Gasteiger partial charge in [-0.2, -0.15) is 10.4 Å². The normalized spacial score (nSPS) is 17.9. The number of piperidine rings is 1. The fourth-order valence-electron chi connectivity index (χ4n) is 3.81. The molecule has 1 fully saturated rings. The Bertz CT molecular complexity index is 1010. The Morgan fingerprint density at radius 1 is 1.33 bits per heavy atom. The van der Waals surface area contributed by atoms with Crippen molar-refractivity contribution in [1.82, 2.24) is 20.0 Å². The average Bonchev–Trinajstić information content (AvgIpc) is 3.27. The van der Waals surface area contributed by atoms with Crippen molar-refractivity contribution in [2.24, 2.45) is 9.98 Å². The Hall–Kier alpha value is -3.44. The van der Waals surface area contributed by atoms with Gasteiger partial charge in [-0.15, -0.1) is 0 Å². The lowest BCUT2D eigenvalue weighted by molar-refractivity contribution is 0.315. The molecular weight excluding hydrogens is 414 g/mol. The van der Waals surface area contributed by atoms with Crippen molar-refractivity contribution in [1.29, 1.82) is 5.26 Å². The number of amidine groups is 1. The zero-order chi connectivity index (χ0) is 23.6. The zero-order valence-electron chi connectivity index (χ0n) is 19.7. The number of nitrogens with one attached hydrogen (secondary N) is 1. The monoisotopic (exact) mass is 447 g/mol. The van der Waals surface area contributed by atoms with Gasteiger partial charge in [-0.1, -0.05) is 6.58 Å². The van der Waals surface area contributed by atoms with Crippen LogP contribution in [0.4, 0.5) is 0 Å². The number of nitriles is 1. The Kier molecular flexibility index (Phi) is 8.79. The number of rotatable bonds is 8. The first kappa shape index (κ1) is 24.2. The van der Waals surface area contributed by atoms with Crippen molar-refractivity contribution in [3.8, 4) is 6.07 Å². The molecule has 0 bridgehead atoms. The summed E-state index contributed by atoms with van der Waals surface area (Å²) in [5, 5.41) is 17.3. The summed E-state index contributed by atoms with van der Waals surface area (Å²) >= 11 is 0. The molecule has 0 amide bonds. The van der Waals surface area contributed by atoms with Crippen LogP contribution in [0, 0.1) is 11.3 Å². The maximum atomic E-state index is 9.16. The molecule has 0 aromatic carbocycles. The van der Waals surface area contributed by atoms with Gasteiger partial charge < -0.3 is 15.0 Å². The first-order chi connectivity index (χ1) is 16.0. The molecule has 0 unspecified atom stereocenters. The smallest absolute Gasteiger partial charge is 0.222 e. The maximum Gasteiger partial charge on any atom is 0.222 e. The van der Waals surface area contributed by atoms with Gasteiger partial charge in [0.1, 0.15) is 17.3 Å². The minimum atomic E-state index is 0.322. The molecule has 1 aromatic heterocycles. The van der Waals surface area contributed by atoms with Crippen LogP contribution in [-0.4, -0.2) is 53.4 Å². The summed E-state index contributed by atoms with van der Waals surface area (Å²) in [5.41, 5.74) is 3.38. The topological polar surface area (TPSA) is 90.8 Å². The van der Waals surface area contributed by atoms with Crippen LogP contribution >= 0.6 is 0 Å². The van der Waals surface area contributed by atoms with Crippen molar-refractivity contribution < 1.29 is 4.74 Å². The van der Waals surface area contributed by atoms with Gasteiger partial charge in [0.25, 0.3) is 0 Å². The Labute approximate surface area is 196 Å². The van der Waals surface area contributed by atoms with E-state index in [0.717, 1.165) is 62.5 Å². The van der Waals surface area contributed by atoms with Gasteiger partial charge in [-0.3, -0.25) is 4.99 Å². The van der Waals surface area contributed by atoms with Gasteiger partial charge in [0, 0.05) is 62.6 Å². The number of aliphatic imine (C=N–C) groups is 2. The van der Waals surface area contributed by atoms with E-state index in [-0.39, 0.29) is 0 Å². The summed E-state index contributed by atoms with van der Waals surface area (Å²) in [6.07, 6.45) is 11.7. The fraction of sp³-hybridized carbons (Fsp3) is 0.440. The molecule has 0 atom stereocenters. The summed E-state index contributed by atoms with van der Waals surface area (Å²) in [6.45, 7) is 15.9. The van der Waals surface area contributed by atoms with Crippen LogP contribution in [0.3, 0.4) is 0 Å². The summed E-state index contributed by atoms with van der Waals surface area (Å²) in [5.74, 6) is 1.53. The quantitative estimate of drug-likeness (QED) is 0.215. The van der Waals surface area contributed by atoms with Crippen LogP contribution in [0.1, 0.15) is 44.4 Å². The lowest BCUT2D eigenvalue weighted by atomic mass is 10.1. The van der Waals surface area contributed by atoms with E-state index in [0.29, 0.717) is 29.5 Å². The highest BCUT2D eigenvalue weighted by Gasteiger charge is 2.18. The van der Waals surface area contributed by atoms with E-state index in [1.807, 2.05) is 19.2 Å². The van der Waals surface area contributed by atoms with Crippen LogP contribution in [0.15, 0.2) is 58.2 Å². The van der Waals surface area contributed by atoms with Crippen molar-refractivity contribution in [2.45, 2.75) is 46.1 Å². The molecule has 33 heavy (non-hydrogen) atoms. The van der Waals surface area contributed by atoms with Crippen molar-refractivity contribution in [3.05, 3.63) is 59.5 Å². The number of allylic oxidation sites excluding steroid dienone is 4. The molecule has 3 rings (SSSR count). The highest BCUT2D eigenvalue weighted by molar-refractivity contribution is 5.93. The average molecular weight is 448 g/mol. The molecule has 8 heteroatoms. The van der Waals surface area contributed by atoms with E-state index in [4.69, 9.17) is 15.1 Å². The number of aromatic nitrogens is 2. The van der Waals surface area contributed by atoms with Crippen LogP contribution in [-0.2, 0) is 17.7 Å². The lowest BCUT2D eigenvalue weighted by Crippen LogP contribution is -2.35. The molecule has 1 aromatic rings. The summed E-state index contributed by atoms with van der Waals surface area (Å²) in [6, 6.07) is 2.13. The Morgan fingerprint density at radius 2 is 2.12 bits per heavy atom. The van der Waals surface area contributed by atoms with Gasteiger partial charge in [0.2, 0.25) is 5.88 Å². The van der Waals surface area contributed by atoms with Crippen LogP contribution in [0.25, 0.3) is 5.70 Å². The molecule has 0 radical (unpaired) electrons. The van der Waals surface area contributed by atoms with Crippen LogP contribution in [0.5, 0.6) is 0 Å². The van der Waals surface area contributed by atoms with E-state index in [1.54, 1.807) is 23.8 Å². The standard InChI is InChI=1S/C25H33N7O/c1-5-29-24(31-13-7-6-8-14-31)15-25(27-4)33-20(3)23(10-9-19(2)16-26)32-18-21-17-28-12-11-22(21)30-32/h9-10,15,18,28H,3-8,11-14,17H2,1-2H3/b19-9+,23-10+,25-15+,29-24+. The molecule has 1 N–H and O–H groups in total. The molecule has 2 aliphatic rings. The highest BCUT2D eigenvalue weighted by Crippen LogP contribution is 2.23. The lowest BCUT2D eigenvalue weighted by Gasteiger charge is -2.28. The van der Waals surface area contributed by atoms with Gasteiger partial charge in [0.15, 0.2) is 0 Å². The summed E-state index contributed by atoms with van der Waals surface area (Å²) < 4.78 is 7.81. The predicted molar refractivity (Wildman–Crippen MR) is 133 cm³/mol. The Balaban J connectivity index is 1.89. The fourth-order valence-corrected chi connectivity index (χ4v) is 3.81. The van der Waals surface area contributed by atoms with Crippen LogP contribution < -0.4 is 5.32 Å². The summed E-state index contributed by atoms with van der Waals surface area (Å²) in [7, 11) is 0. The zero-order valence-corrected chi connectivity index (χ0v) is 19.7. The maximum absolute atomic E-state index is 9.16. The molecular formula is C25H33N7O. The number of ether oxygens (including phenoxy) is 1. The van der Waals surface area contributed by atoms with Gasteiger partial charge in [-0.25, -0.2) is 9.67 Å². The SMILES string of the molecule is C=N/C(=C\C(=N/CC)N1CCCCC1)OC(=C)/C(=C\C=C(/C)C#N)n1cc2c(n1)CCNC2. The Morgan fingerprint density at radius 3 is 2.79 bits per heavy atom. The largest absolute Gasteiger partial charge is 0.437 e. The van der Waals surface area contributed by atoms with E-state index in [1.165, 1.54) is 6.42 Å². The summed E-state index contributed by atoms with van der Waals surface area (Å²) in [4.78, 5) is 11.0. The van der Waals surface area contributed by atoms with Crippen molar-refractivity contribution >= 4 is 18.3 Å². The van der Waals surface area contributed by atoms with E-state index >= 15 is 0 Å². The van der Waals surface area contributed by atoms with Crippen molar-refractivity contribution in [2.75, 3.05) is 26.2 Å². The number of nitrogens with zero attached hydrogens (tertiary/aromatic N) is 6. The second-order valence-electron chi connectivity index (χ2n) is 8.03. The predicted octanol–water partition coefficient (Wildman–Crippen LogP) is 3.82. The van der Waals surface area contributed by atoms with E-state index < -0.39 is 0 Å².